The second-order valence-corrected chi connectivity index (χ2v) is 17.8. The van der Waals surface area contributed by atoms with Gasteiger partial charge in [0.15, 0.2) is 6.10 Å². The molecular formula is C57H100O6. The Bertz CT molecular complexity index is 1150. The Kier molecular flexibility index (Phi) is 49.4. The Hall–Kier alpha value is -2.89. The molecule has 1 unspecified atom stereocenters. The number of allylic oxidation sites excluding steroid dienone is 10. The third-order valence-corrected chi connectivity index (χ3v) is 11.5. The lowest BCUT2D eigenvalue weighted by Gasteiger charge is -2.18. The summed E-state index contributed by atoms with van der Waals surface area (Å²) in [7, 11) is 0. The summed E-state index contributed by atoms with van der Waals surface area (Å²) >= 11 is 0. The fourth-order valence-corrected chi connectivity index (χ4v) is 7.49. The summed E-state index contributed by atoms with van der Waals surface area (Å²) in [5.41, 5.74) is 0. The first-order chi connectivity index (χ1) is 31.0. The standard InChI is InChI=1S/C57H100O6/c1-4-7-10-13-16-19-22-25-27-29-32-35-38-41-44-47-50-56(59)62-53-54(52-61-55(58)49-46-43-40-37-34-31-24-21-18-15-12-9-6-3)63-57(60)51-48-45-42-39-36-33-30-28-26-23-20-17-14-11-8-5-2/h9,12,15,18,21,24,27-30,54H,4-8,10-11,13-14,16-17,19-20,22-23,25-26,31-53H2,1-3H3/b12-9+,18-15+,24-21+,29-27+,30-28+. The smallest absolute Gasteiger partial charge is 0.306 e. The van der Waals surface area contributed by atoms with Crippen molar-refractivity contribution < 1.29 is 28.6 Å². The fraction of sp³-hybridized carbons (Fsp3) is 0.772. The normalized spacial score (nSPS) is 12.5. The number of rotatable bonds is 48. The van der Waals surface area contributed by atoms with Crippen molar-refractivity contribution in [2.24, 2.45) is 0 Å². The number of hydrogen-bond acceptors (Lipinski definition) is 6. The average molecular weight is 881 g/mol. The van der Waals surface area contributed by atoms with Crippen LogP contribution in [-0.4, -0.2) is 37.2 Å². The highest BCUT2D eigenvalue weighted by molar-refractivity contribution is 5.71. The summed E-state index contributed by atoms with van der Waals surface area (Å²) in [6.07, 6.45) is 63.5. The van der Waals surface area contributed by atoms with Crippen LogP contribution in [0, 0.1) is 0 Å². The summed E-state index contributed by atoms with van der Waals surface area (Å²) in [5, 5.41) is 0. The first-order valence-electron chi connectivity index (χ1n) is 26.8. The fourth-order valence-electron chi connectivity index (χ4n) is 7.49. The summed E-state index contributed by atoms with van der Waals surface area (Å²) in [4.78, 5) is 38.0. The van der Waals surface area contributed by atoms with Crippen LogP contribution in [-0.2, 0) is 28.6 Å². The van der Waals surface area contributed by atoms with Crippen LogP contribution < -0.4 is 0 Å². The van der Waals surface area contributed by atoms with Gasteiger partial charge in [0.1, 0.15) is 13.2 Å². The molecule has 0 aliphatic rings. The molecule has 0 N–H and O–H groups in total. The largest absolute Gasteiger partial charge is 0.462 e. The molecule has 0 aromatic carbocycles. The zero-order valence-corrected chi connectivity index (χ0v) is 41.6. The van der Waals surface area contributed by atoms with E-state index in [9.17, 15) is 14.4 Å². The van der Waals surface area contributed by atoms with E-state index in [1.165, 1.54) is 122 Å². The zero-order chi connectivity index (χ0) is 45.8. The molecule has 1 atom stereocenters. The summed E-state index contributed by atoms with van der Waals surface area (Å²) < 4.78 is 16.8. The monoisotopic (exact) mass is 881 g/mol. The van der Waals surface area contributed by atoms with Gasteiger partial charge in [-0.3, -0.25) is 14.4 Å². The second-order valence-electron chi connectivity index (χ2n) is 17.8. The van der Waals surface area contributed by atoms with Crippen molar-refractivity contribution in [2.45, 2.75) is 271 Å². The first-order valence-corrected chi connectivity index (χ1v) is 26.8. The molecule has 0 aliphatic carbocycles. The lowest BCUT2D eigenvalue weighted by molar-refractivity contribution is -0.167. The van der Waals surface area contributed by atoms with Crippen LogP contribution in [0.5, 0.6) is 0 Å². The predicted octanol–water partition coefficient (Wildman–Crippen LogP) is 17.6. The van der Waals surface area contributed by atoms with E-state index in [-0.39, 0.29) is 31.1 Å². The Morgan fingerprint density at radius 2 is 0.635 bits per heavy atom. The third-order valence-electron chi connectivity index (χ3n) is 11.5. The lowest BCUT2D eigenvalue weighted by Crippen LogP contribution is -2.30. The molecule has 0 rings (SSSR count). The second kappa shape index (κ2) is 51.7. The Balaban J connectivity index is 4.41. The van der Waals surface area contributed by atoms with Gasteiger partial charge in [-0.05, 0) is 89.9 Å². The predicted molar refractivity (Wildman–Crippen MR) is 270 cm³/mol. The van der Waals surface area contributed by atoms with Gasteiger partial charge in [0, 0.05) is 19.3 Å². The van der Waals surface area contributed by atoms with Gasteiger partial charge >= 0.3 is 17.9 Å². The number of ether oxygens (including phenoxy) is 3. The van der Waals surface area contributed by atoms with Crippen molar-refractivity contribution in [3.8, 4) is 0 Å². The summed E-state index contributed by atoms with van der Waals surface area (Å²) in [5.74, 6) is -0.919. The van der Waals surface area contributed by atoms with Gasteiger partial charge in [-0.1, -0.05) is 216 Å². The molecule has 364 valence electrons. The number of esters is 3. The third kappa shape index (κ3) is 50.0. The molecule has 0 bridgehead atoms. The first kappa shape index (κ1) is 60.1. The van der Waals surface area contributed by atoms with E-state index >= 15 is 0 Å². The summed E-state index contributed by atoms with van der Waals surface area (Å²) in [6, 6.07) is 0. The van der Waals surface area contributed by atoms with Gasteiger partial charge < -0.3 is 14.2 Å². The van der Waals surface area contributed by atoms with Crippen LogP contribution in [0.1, 0.15) is 265 Å². The minimum Gasteiger partial charge on any atom is -0.462 e. The topological polar surface area (TPSA) is 78.9 Å². The van der Waals surface area contributed by atoms with Gasteiger partial charge in [-0.15, -0.1) is 0 Å². The maximum absolute atomic E-state index is 12.8. The van der Waals surface area contributed by atoms with Gasteiger partial charge in [0.2, 0.25) is 0 Å². The summed E-state index contributed by atoms with van der Waals surface area (Å²) in [6.45, 7) is 6.48. The molecule has 6 heteroatoms. The Morgan fingerprint density at radius 1 is 0.333 bits per heavy atom. The quantitative estimate of drug-likeness (QED) is 0.0199. The molecule has 0 saturated heterocycles. The molecule has 0 saturated carbocycles. The van der Waals surface area contributed by atoms with Crippen molar-refractivity contribution in [1.29, 1.82) is 0 Å². The molecule has 0 fully saturated rings. The Labute approximate surface area is 390 Å². The van der Waals surface area contributed by atoms with Crippen molar-refractivity contribution in [1.82, 2.24) is 0 Å². The molecule has 6 nitrogen and oxygen atoms in total. The minimum atomic E-state index is -0.789. The van der Waals surface area contributed by atoms with Crippen LogP contribution in [0.25, 0.3) is 0 Å². The highest BCUT2D eigenvalue weighted by Crippen LogP contribution is 2.14. The molecular weight excluding hydrogens is 781 g/mol. The van der Waals surface area contributed by atoms with Crippen molar-refractivity contribution in [3.05, 3.63) is 60.8 Å². The van der Waals surface area contributed by atoms with Crippen LogP contribution in [0.4, 0.5) is 0 Å². The molecule has 63 heavy (non-hydrogen) atoms. The zero-order valence-electron chi connectivity index (χ0n) is 41.6. The molecule has 0 spiro atoms. The number of carbonyl (C=O) groups is 3. The maximum atomic E-state index is 12.8. The molecule has 0 aromatic rings. The number of unbranched alkanes of at least 4 members (excludes halogenated alkanes) is 29. The van der Waals surface area contributed by atoms with Gasteiger partial charge in [0.05, 0.1) is 0 Å². The van der Waals surface area contributed by atoms with E-state index < -0.39 is 6.10 Å². The number of carbonyl (C=O) groups excluding carboxylic acids is 3. The van der Waals surface area contributed by atoms with Crippen LogP contribution in [0.15, 0.2) is 60.8 Å². The molecule has 0 heterocycles. The molecule has 0 aliphatic heterocycles. The Morgan fingerprint density at radius 3 is 1.00 bits per heavy atom. The van der Waals surface area contributed by atoms with Crippen molar-refractivity contribution in [2.75, 3.05) is 13.2 Å². The molecule has 0 aromatic heterocycles. The van der Waals surface area contributed by atoms with Gasteiger partial charge in [-0.2, -0.15) is 0 Å². The van der Waals surface area contributed by atoms with E-state index in [1.54, 1.807) is 0 Å². The molecule has 0 amide bonds. The van der Waals surface area contributed by atoms with E-state index in [4.69, 9.17) is 14.2 Å². The van der Waals surface area contributed by atoms with Crippen molar-refractivity contribution >= 4 is 17.9 Å². The lowest BCUT2D eigenvalue weighted by atomic mass is 10.1. The average Bonchev–Trinajstić information content (AvgIpc) is 3.28. The highest BCUT2D eigenvalue weighted by Gasteiger charge is 2.19. The molecule has 0 radical (unpaired) electrons. The van der Waals surface area contributed by atoms with Crippen molar-refractivity contribution in [3.63, 3.8) is 0 Å². The SMILES string of the molecule is CC/C=C/C=C/C=C/CCCCCCCC(=O)OCC(COC(=O)CCCCCCC/C=C/CCCCCCCCC)OC(=O)CCCCCCC/C=C/CCCCCCCCC. The maximum Gasteiger partial charge on any atom is 0.306 e. The minimum absolute atomic E-state index is 0.0881. The number of hydrogen-bond donors (Lipinski definition) is 0. The van der Waals surface area contributed by atoms with Gasteiger partial charge in [-0.25, -0.2) is 0 Å². The van der Waals surface area contributed by atoms with E-state index in [0.29, 0.717) is 19.3 Å². The van der Waals surface area contributed by atoms with E-state index in [2.05, 4.69) is 81.5 Å². The van der Waals surface area contributed by atoms with E-state index in [0.717, 1.165) is 103 Å². The van der Waals surface area contributed by atoms with Crippen LogP contribution in [0.2, 0.25) is 0 Å². The van der Waals surface area contributed by atoms with Gasteiger partial charge in [0.25, 0.3) is 0 Å². The van der Waals surface area contributed by atoms with Crippen LogP contribution >= 0.6 is 0 Å². The highest BCUT2D eigenvalue weighted by atomic mass is 16.6. The van der Waals surface area contributed by atoms with Crippen LogP contribution in [0.3, 0.4) is 0 Å². The van der Waals surface area contributed by atoms with E-state index in [1.807, 2.05) is 0 Å².